The quantitative estimate of drug-likeness (QED) is 0.585. The van der Waals surface area contributed by atoms with Crippen molar-refractivity contribution < 1.29 is 24.2 Å². The maximum atomic E-state index is 12.3. The van der Waals surface area contributed by atoms with Gasteiger partial charge in [-0.3, -0.25) is 9.59 Å². The molecule has 21 heavy (non-hydrogen) atoms. The molecule has 0 bridgehead atoms. The van der Waals surface area contributed by atoms with Gasteiger partial charge in [0.05, 0.1) is 6.04 Å². The summed E-state index contributed by atoms with van der Waals surface area (Å²) in [5, 5.41) is 11.6. The Morgan fingerprint density at radius 1 is 1.29 bits per heavy atom. The molecule has 1 atom stereocenters. The second kappa shape index (κ2) is 7.08. The van der Waals surface area contributed by atoms with Crippen molar-refractivity contribution in [1.82, 2.24) is 5.32 Å². The van der Waals surface area contributed by atoms with Gasteiger partial charge in [0.25, 0.3) is 0 Å². The molecule has 1 aromatic rings. The van der Waals surface area contributed by atoms with Crippen LogP contribution in [0.25, 0.3) is 0 Å². The van der Waals surface area contributed by atoms with Crippen molar-refractivity contribution in [1.29, 1.82) is 0 Å². The highest BCUT2D eigenvalue weighted by Crippen LogP contribution is 2.31. The number of carboxylic acid groups (broad SMARTS) is 1. The summed E-state index contributed by atoms with van der Waals surface area (Å²) in [6.45, 7) is 3.25. The number of aliphatic carboxylic acids is 1. The van der Waals surface area contributed by atoms with Gasteiger partial charge >= 0.3 is 5.97 Å². The van der Waals surface area contributed by atoms with Crippen LogP contribution in [0.3, 0.4) is 0 Å². The van der Waals surface area contributed by atoms with Crippen LogP contribution in [0.2, 0.25) is 0 Å². The smallest absolute Gasteiger partial charge is 0.303 e. The van der Waals surface area contributed by atoms with Crippen LogP contribution in [0.4, 0.5) is 0 Å². The van der Waals surface area contributed by atoms with Gasteiger partial charge in [0.15, 0.2) is 17.3 Å². The van der Waals surface area contributed by atoms with Crippen molar-refractivity contribution in [3.8, 4) is 11.5 Å². The number of carbonyl (C=O) groups excluding carboxylic acids is 1. The van der Waals surface area contributed by atoms with Gasteiger partial charge in [0.1, 0.15) is 13.2 Å². The van der Waals surface area contributed by atoms with Crippen LogP contribution in [0.1, 0.15) is 30.1 Å². The first-order chi connectivity index (χ1) is 10.1. The zero-order valence-electron chi connectivity index (χ0n) is 11.9. The zero-order chi connectivity index (χ0) is 15.2. The highest BCUT2D eigenvalue weighted by molar-refractivity contribution is 6.00. The first-order valence-electron chi connectivity index (χ1n) is 6.97. The third-order valence-corrected chi connectivity index (χ3v) is 3.24. The van der Waals surface area contributed by atoms with E-state index in [1.807, 2.05) is 0 Å². The Morgan fingerprint density at radius 2 is 2.00 bits per heavy atom. The molecule has 0 amide bonds. The fraction of sp³-hybridized carbons (Fsp3) is 0.467. The predicted octanol–water partition coefficient (Wildman–Crippen LogP) is 1.48. The zero-order valence-corrected chi connectivity index (χ0v) is 11.9. The molecule has 114 valence electrons. The molecule has 0 aromatic heterocycles. The second-order valence-corrected chi connectivity index (χ2v) is 4.90. The summed E-state index contributed by atoms with van der Waals surface area (Å²) in [6.07, 6.45) is 0.589. The Morgan fingerprint density at radius 3 is 2.71 bits per heavy atom. The molecule has 0 radical (unpaired) electrons. The molecule has 1 heterocycles. The molecule has 2 rings (SSSR count). The lowest BCUT2D eigenvalue weighted by atomic mass is 10.0. The minimum Gasteiger partial charge on any atom is -0.486 e. The molecule has 0 saturated heterocycles. The number of benzene rings is 1. The van der Waals surface area contributed by atoms with Crippen molar-refractivity contribution in [3.05, 3.63) is 23.8 Å². The van der Waals surface area contributed by atoms with Crippen molar-refractivity contribution in [2.45, 2.75) is 25.8 Å². The van der Waals surface area contributed by atoms with Crippen LogP contribution < -0.4 is 14.8 Å². The van der Waals surface area contributed by atoms with Crippen LogP contribution in [-0.4, -0.2) is 42.7 Å². The van der Waals surface area contributed by atoms with Crippen molar-refractivity contribution in [2.75, 3.05) is 19.8 Å². The second-order valence-electron chi connectivity index (χ2n) is 4.90. The topological polar surface area (TPSA) is 84.9 Å². The maximum absolute atomic E-state index is 12.3. The number of hydrogen-bond donors (Lipinski definition) is 2. The molecule has 2 N–H and O–H groups in total. The Bertz CT molecular complexity index is 529. The van der Waals surface area contributed by atoms with Gasteiger partial charge in [0.2, 0.25) is 0 Å². The van der Waals surface area contributed by atoms with E-state index >= 15 is 0 Å². The molecule has 1 aromatic carbocycles. The average molecular weight is 293 g/mol. The summed E-state index contributed by atoms with van der Waals surface area (Å²) in [6, 6.07) is 4.76. The van der Waals surface area contributed by atoms with E-state index in [4.69, 9.17) is 14.6 Å². The fourth-order valence-corrected chi connectivity index (χ4v) is 2.10. The minimum atomic E-state index is -0.831. The molecule has 0 spiro atoms. The molecule has 1 aliphatic heterocycles. The van der Waals surface area contributed by atoms with Crippen LogP contribution >= 0.6 is 0 Å². The van der Waals surface area contributed by atoms with Gasteiger partial charge in [-0.2, -0.15) is 0 Å². The number of rotatable bonds is 7. The molecule has 0 aliphatic carbocycles. The summed E-state index contributed by atoms with van der Waals surface area (Å²) in [5.74, 6) is 0.356. The van der Waals surface area contributed by atoms with E-state index in [-0.39, 0.29) is 18.2 Å². The number of carbonyl (C=O) groups is 2. The van der Waals surface area contributed by atoms with E-state index in [2.05, 4.69) is 5.32 Å². The van der Waals surface area contributed by atoms with Gasteiger partial charge in [-0.05, 0) is 38.1 Å². The van der Waals surface area contributed by atoms with Gasteiger partial charge in [-0.1, -0.05) is 0 Å². The summed E-state index contributed by atoms with van der Waals surface area (Å²) in [7, 11) is 0. The van der Waals surface area contributed by atoms with Gasteiger partial charge < -0.3 is 19.9 Å². The molecule has 0 fully saturated rings. The Labute approximate surface area is 123 Å². The number of carboxylic acids is 1. The lowest BCUT2D eigenvalue weighted by Gasteiger charge is -2.19. The molecular formula is C15H19NO5. The van der Waals surface area contributed by atoms with Crippen LogP contribution in [-0.2, 0) is 4.79 Å². The summed E-state index contributed by atoms with van der Waals surface area (Å²) in [5.41, 5.74) is 0.553. The number of Topliss-reactive ketones (excluding diaryl/α,β-unsaturated/α-hetero) is 1. The Balaban J connectivity index is 1.91. The highest BCUT2D eigenvalue weighted by atomic mass is 16.6. The normalized spacial score (nSPS) is 14.5. The predicted molar refractivity (Wildman–Crippen MR) is 76.1 cm³/mol. The van der Waals surface area contributed by atoms with Crippen LogP contribution in [0, 0.1) is 0 Å². The van der Waals surface area contributed by atoms with Crippen molar-refractivity contribution in [3.63, 3.8) is 0 Å². The summed E-state index contributed by atoms with van der Waals surface area (Å²) >= 11 is 0. The average Bonchev–Trinajstić information content (AvgIpc) is 2.50. The lowest BCUT2D eigenvalue weighted by molar-refractivity contribution is -0.137. The highest BCUT2D eigenvalue weighted by Gasteiger charge is 2.18. The number of nitrogens with one attached hydrogen (secondary N) is 1. The molecule has 1 aliphatic rings. The molecule has 0 saturated carbocycles. The third-order valence-electron chi connectivity index (χ3n) is 3.24. The van der Waals surface area contributed by atoms with E-state index < -0.39 is 5.97 Å². The first kappa shape index (κ1) is 15.3. The summed E-state index contributed by atoms with van der Waals surface area (Å²) in [4.78, 5) is 22.7. The number of fused-ring (bicyclic) bond motifs is 1. The van der Waals surface area contributed by atoms with Gasteiger partial charge in [-0.15, -0.1) is 0 Å². The lowest BCUT2D eigenvalue weighted by Crippen LogP contribution is -2.34. The largest absolute Gasteiger partial charge is 0.486 e. The minimum absolute atomic E-state index is 0.0534. The van der Waals surface area contributed by atoms with E-state index in [1.54, 1.807) is 25.1 Å². The third kappa shape index (κ3) is 4.19. The Kier molecular flexibility index (Phi) is 5.16. The molecule has 6 heteroatoms. The maximum Gasteiger partial charge on any atom is 0.303 e. The van der Waals surface area contributed by atoms with Crippen molar-refractivity contribution >= 4 is 11.8 Å². The van der Waals surface area contributed by atoms with Gasteiger partial charge in [0, 0.05) is 12.0 Å². The molecule has 1 unspecified atom stereocenters. The van der Waals surface area contributed by atoms with Crippen LogP contribution in [0.15, 0.2) is 18.2 Å². The number of ether oxygens (including phenoxy) is 2. The van der Waals surface area contributed by atoms with Gasteiger partial charge in [-0.25, -0.2) is 0 Å². The monoisotopic (exact) mass is 293 g/mol. The van der Waals surface area contributed by atoms with E-state index in [1.165, 1.54) is 0 Å². The van der Waals surface area contributed by atoms with E-state index in [9.17, 15) is 9.59 Å². The number of hydrogen-bond acceptors (Lipinski definition) is 5. The van der Waals surface area contributed by atoms with E-state index in [0.717, 1.165) is 0 Å². The molecular weight excluding hydrogens is 274 g/mol. The van der Waals surface area contributed by atoms with Crippen molar-refractivity contribution in [2.24, 2.45) is 0 Å². The Hall–Kier alpha value is -2.08. The standard InChI is InChI=1S/C15H19NO5/c1-10(16-6-2-3-14(17)18)15(19)11-4-5-12-13(9-11)21-8-7-20-12/h4-5,9-10,16H,2-3,6-8H2,1H3,(H,17,18). The molecule has 6 nitrogen and oxygen atoms in total. The number of ketones is 1. The summed E-state index contributed by atoms with van der Waals surface area (Å²) < 4.78 is 10.9. The first-order valence-corrected chi connectivity index (χ1v) is 6.97. The SMILES string of the molecule is CC(NCCCC(=O)O)C(=O)c1ccc2c(c1)OCCO2. The van der Waals surface area contributed by atoms with E-state index in [0.29, 0.717) is 43.2 Å². The fourth-order valence-electron chi connectivity index (χ4n) is 2.10. The van der Waals surface area contributed by atoms with Crippen LogP contribution in [0.5, 0.6) is 11.5 Å².